The third-order valence-electron chi connectivity index (χ3n) is 12.3. The highest BCUT2D eigenvalue weighted by molar-refractivity contribution is 5.98. The van der Waals surface area contributed by atoms with E-state index in [-0.39, 0.29) is 70.4 Å². The summed E-state index contributed by atoms with van der Waals surface area (Å²) in [6.07, 6.45) is 1.89. The number of aromatic nitrogens is 3. The van der Waals surface area contributed by atoms with Crippen molar-refractivity contribution in [2.24, 2.45) is 17.2 Å². The van der Waals surface area contributed by atoms with Gasteiger partial charge < -0.3 is 74.8 Å². The molecule has 0 spiro atoms. The van der Waals surface area contributed by atoms with Crippen molar-refractivity contribution < 1.29 is 48.3 Å². The van der Waals surface area contributed by atoms with E-state index in [0.717, 1.165) is 10.9 Å². The maximum absolute atomic E-state index is 14.6. The molecule has 8 atom stereocenters. The van der Waals surface area contributed by atoms with Crippen molar-refractivity contribution in [3.63, 3.8) is 0 Å². The van der Waals surface area contributed by atoms with Crippen molar-refractivity contribution in [2.45, 2.75) is 126 Å². The van der Waals surface area contributed by atoms with Crippen LogP contribution >= 0.6 is 0 Å². The van der Waals surface area contributed by atoms with Gasteiger partial charge in [0, 0.05) is 69.0 Å². The molecule has 1 unspecified atom stereocenters. The zero-order valence-electron chi connectivity index (χ0n) is 41.5. The first-order valence-electron chi connectivity index (χ1n) is 24.6. The van der Waals surface area contributed by atoms with Crippen molar-refractivity contribution in [1.29, 1.82) is 5.41 Å². The van der Waals surface area contributed by atoms with E-state index in [1.807, 2.05) is 18.2 Å². The molecule has 26 heteroatoms. The van der Waals surface area contributed by atoms with E-state index in [9.17, 15) is 48.3 Å². The number of fused-ring (bicyclic) bond motifs is 1. The van der Waals surface area contributed by atoms with Gasteiger partial charge >= 0.3 is 0 Å². The molecule has 75 heavy (non-hydrogen) atoms. The number of aliphatic hydroxyl groups excluding tert-OH is 1. The molecule has 2 aromatic carbocycles. The predicted octanol–water partition coefficient (Wildman–Crippen LogP) is -3.17. The molecule has 0 bridgehead atoms. The molecule has 4 aromatic rings. The third kappa shape index (κ3) is 18.9. The Kier molecular flexibility index (Phi) is 22.0. The SMILES string of the molecule is CC(=O)N[C@@H](CCCNC(=N)N)C(O)N[C@H]1CC(=O)NCCCC[C@@H](C(N)=O)NC(=O)[C@H](Cc2c[nH]c3ccccc23)NC(=O)[C@H](CCC(N)=O)NC(=O)[C@@H](Cc2ccccc2)NC(=O)[C@H](Cc2c[nH]cn2)NC1=O. The van der Waals surface area contributed by atoms with E-state index in [1.54, 1.807) is 42.6 Å². The number of nitrogens with zero attached hydrogens (tertiary/aromatic N) is 1. The molecule has 5 rings (SSSR count). The highest BCUT2D eigenvalue weighted by Crippen LogP contribution is 2.20. The highest BCUT2D eigenvalue weighted by Gasteiger charge is 2.36. The number of carbonyl (C=O) groups excluding carboxylic acids is 9. The van der Waals surface area contributed by atoms with Crippen LogP contribution in [0.15, 0.2) is 73.3 Å². The van der Waals surface area contributed by atoms with Crippen LogP contribution < -0.4 is 65.1 Å². The van der Waals surface area contributed by atoms with Crippen LogP contribution in [0.2, 0.25) is 0 Å². The normalized spacial score (nSPS) is 21.7. The summed E-state index contributed by atoms with van der Waals surface area (Å²) < 4.78 is 0. The van der Waals surface area contributed by atoms with Crippen molar-refractivity contribution >= 4 is 70.0 Å². The molecule has 0 saturated carbocycles. The van der Waals surface area contributed by atoms with Crippen LogP contribution in [0, 0.1) is 5.41 Å². The Balaban J connectivity index is 1.53. The summed E-state index contributed by atoms with van der Waals surface area (Å²) in [5, 5.41) is 43.7. The highest BCUT2D eigenvalue weighted by atomic mass is 16.3. The van der Waals surface area contributed by atoms with Crippen LogP contribution in [0.25, 0.3) is 10.9 Å². The molecule has 1 fully saturated rings. The second kappa shape index (κ2) is 28.7. The second-order valence-corrected chi connectivity index (χ2v) is 18.2. The summed E-state index contributed by atoms with van der Waals surface area (Å²) >= 11 is 0. The maximum atomic E-state index is 14.6. The van der Waals surface area contributed by atoms with E-state index in [0.29, 0.717) is 23.2 Å². The molecule has 0 aliphatic carbocycles. The van der Waals surface area contributed by atoms with Crippen molar-refractivity contribution in [1.82, 2.24) is 62.8 Å². The fraction of sp³-hybridized carbons (Fsp3) is 0.449. The number of H-pyrrole nitrogens is 2. The lowest BCUT2D eigenvalue weighted by atomic mass is 10.0. The summed E-state index contributed by atoms with van der Waals surface area (Å²) in [5.41, 5.74) is 18.9. The van der Waals surface area contributed by atoms with Crippen LogP contribution in [-0.2, 0) is 62.4 Å². The number of nitrogens with two attached hydrogens (primary N) is 3. The van der Waals surface area contributed by atoms with E-state index < -0.39 is 115 Å². The third-order valence-corrected chi connectivity index (χ3v) is 12.3. The monoisotopic (exact) mass is 1040 g/mol. The molecular formula is C49H68N16O10. The van der Waals surface area contributed by atoms with Gasteiger partial charge in [-0.2, -0.15) is 0 Å². The van der Waals surface area contributed by atoms with Gasteiger partial charge in [-0.25, -0.2) is 4.98 Å². The minimum Gasteiger partial charge on any atom is -0.376 e. The first-order valence-corrected chi connectivity index (χ1v) is 24.6. The zero-order chi connectivity index (χ0) is 54.4. The molecule has 404 valence electrons. The number of primary amides is 2. The van der Waals surface area contributed by atoms with Crippen LogP contribution in [0.4, 0.5) is 0 Å². The number of benzene rings is 2. The molecule has 19 N–H and O–H groups in total. The van der Waals surface area contributed by atoms with Crippen molar-refractivity contribution in [3.8, 4) is 0 Å². The van der Waals surface area contributed by atoms with Gasteiger partial charge in [0.2, 0.25) is 53.2 Å². The Morgan fingerprint density at radius 1 is 0.787 bits per heavy atom. The van der Waals surface area contributed by atoms with Gasteiger partial charge in [0.1, 0.15) is 36.4 Å². The van der Waals surface area contributed by atoms with E-state index in [4.69, 9.17) is 22.6 Å². The van der Waals surface area contributed by atoms with Gasteiger partial charge in [0.15, 0.2) is 5.96 Å². The molecule has 1 saturated heterocycles. The zero-order valence-corrected chi connectivity index (χ0v) is 41.5. The first-order chi connectivity index (χ1) is 35.9. The fourth-order valence-electron chi connectivity index (χ4n) is 8.44. The summed E-state index contributed by atoms with van der Waals surface area (Å²) in [6.45, 7) is 1.45. The average molecular weight is 1040 g/mol. The number of aromatic amines is 2. The van der Waals surface area contributed by atoms with Gasteiger partial charge in [0.05, 0.1) is 30.5 Å². The number of carbonyl (C=O) groups is 9. The van der Waals surface area contributed by atoms with E-state index in [2.05, 4.69) is 62.8 Å². The van der Waals surface area contributed by atoms with Crippen molar-refractivity contribution in [2.75, 3.05) is 13.1 Å². The quantitative estimate of drug-likeness (QED) is 0.0202. The number of imidazole rings is 1. The van der Waals surface area contributed by atoms with Gasteiger partial charge in [0.25, 0.3) is 0 Å². The topological polar surface area (TPSA) is 429 Å². The smallest absolute Gasteiger partial charge is 0.243 e. The number of nitrogens with one attached hydrogen (secondary N) is 12. The second-order valence-electron chi connectivity index (χ2n) is 18.2. The van der Waals surface area contributed by atoms with Gasteiger partial charge in [-0.3, -0.25) is 53.9 Å². The largest absolute Gasteiger partial charge is 0.376 e. The average Bonchev–Trinajstić information content (AvgIpc) is 4.04. The molecule has 1 aliphatic rings. The Morgan fingerprint density at radius 3 is 2.09 bits per heavy atom. The summed E-state index contributed by atoms with van der Waals surface area (Å²) in [4.78, 5) is 133. The van der Waals surface area contributed by atoms with Crippen LogP contribution in [0.1, 0.15) is 75.1 Å². The van der Waals surface area contributed by atoms with Crippen LogP contribution in [-0.4, -0.2) is 141 Å². The van der Waals surface area contributed by atoms with E-state index in [1.165, 1.54) is 19.4 Å². The van der Waals surface area contributed by atoms with Crippen LogP contribution in [0.5, 0.6) is 0 Å². The predicted molar refractivity (Wildman–Crippen MR) is 273 cm³/mol. The molecule has 1 aliphatic heterocycles. The summed E-state index contributed by atoms with van der Waals surface area (Å²) in [6, 6.07) is 6.06. The number of hydrogen-bond acceptors (Lipinski definition) is 13. The van der Waals surface area contributed by atoms with E-state index >= 15 is 0 Å². The fourth-order valence-corrected chi connectivity index (χ4v) is 8.44. The minimum atomic E-state index is -1.65. The van der Waals surface area contributed by atoms with Crippen LogP contribution in [0.3, 0.4) is 0 Å². The Morgan fingerprint density at radius 2 is 1.43 bits per heavy atom. The molecule has 2 aromatic heterocycles. The Labute approximate surface area is 431 Å². The Hall–Kier alpha value is -8.39. The minimum absolute atomic E-state index is 0.00839. The molecule has 9 amide bonds. The van der Waals surface area contributed by atoms with Gasteiger partial charge in [-0.15, -0.1) is 0 Å². The van der Waals surface area contributed by atoms with Gasteiger partial charge in [-0.1, -0.05) is 48.5 Å². The maximum Gasteiger partial charge on any atom is 0.243 e. The number of aliphatic hydroxyl groups is 1. The molecule has 26 nitrogen and oxygen atoms in total. The number of amides is 9. The molecule has 3 heterocycles. The number of hydrogen-bond donors (Lipinski definition) is 16. The molecular weight excluding hydrogens is 973 g/mol. The van der Waals surface area contributed by atoms with Gasteiger partial charge in [-0.05, 0) is 55.7 Å². The molecule has 0 radical (unpaired) electrons. The standard InChI is InChI=1S/C49H68N16O10/c1-27(66)59-34(15-9-19-56-49(52)53)43(70)65-39-23-41(68)55-18-8-7-14-33(42(51)69)60-46(73)37(21-29-24-57-32-13-6-5-12-31(29)32)63-44(71)35(16-17-40(50)67)61-45(72)36(20-28-10-3-2-4-11-28)62-47(74)38(64-48(39)75)22-30-25-54-26-58-30/h2-6,10-13,24-26,33-39,43,57,65,70H,7-9,14-23H2,1H3,(H2,50,67)(H2,51,69)(H,54,58)(H,55,68)(H,59,66)(H,60,73)(H,61,72)(H,62,74)(H,63,71)(H,64,75)(H4,52,53,56)/t33-,34-,35-,36+,37-,38-,39-,43?/m0/s1. The number of para-hydroxylation sites is 1. The summed E-state index contributed by atoms with van der Waals surface area (Å²) in [5.74, 6) is -7.65. The lowest BCUT2D eigenvalue weighted by molar-refractivity contribution is -0.135. The Bertz CT molecular complexity index is 2610. The lowest BCUT2D eigenvalue weighted by Crippen LogP contribution is -2.61. The lowest BCUT2D eigenvalue weighted by Gasteiger charge is -2.30. The summed E-state index contributed by atoms with van der Waals surface area (Å²) in [7, 11) is 0. The first kappa shape index (κ1) is 57.5. The van der Waals surface area contributed by atoms with Crippen molar-refractivity contribution in [3.05, 3.63) is 90.1 Å². The number of guanidine groups is 1. The number of rotatable bonds is 18.